The van der Waals surface area contributed by atoms with Crippen molar-refractivity contribution in [3.8, 4) is 0 Å². The Bertz CT molecular complexity index is 560. The number of benzene rings is 1. The lowest BCUT2D eigenvalue weighted by molar-refractivity contribution is 0.104. The van der Waals surface area contributed by atoms with Gasteiger partial charge in [-0.15, -0.1) is 0 Å². The van der Waals surface area contributed by atoms with Gasteiger partial charge in [0.05, 0.1) is 5.69 Å². The number of nitrogens with one attached hydrogen (secondary N) is 1. The third-order valence-corrected chi connectivity index (χ3v) is 3.74. The third-order valence-electron chi connectivity index (χ3n) is 2.63. The Labute approximate surface area is 110 Å². The second-order valence-corrected chi connectivity index (χ2v) is 4.85. The first-order valence-corrected chi connectivity index (χ1v) is 6.55. The zero-order valence-electron chi connectivity index (χ0n) is 10.4. The van der Waals surface area contributed by atoms with Gasteiger partial charge in [0.15, 0.2) is 5.13 Å². The molecule has 0 bridgehead atoms. The highest BCUT2D eigenvalue weighted by Crippen LogP contribution is 2.26. The largest absolute Gasteiger partial charge is 0.399 e. The molecule has 2 rings (SSSR count). The molecule has 94 valence electrons. The van der Waals surface area contributed by atoms with Crippen molar-refractivity contribution in [3.63, 3.8) is 0 Å². The van der Waals surface area contributed by atoms with Crippen LogP contribution in [0, 0.1) is 0 Å². The van der Waals surface area contributed by atoms with Gasteiger partial charge in [0.1, 0.15) is 4.88 Å². The van der Waals surface area contributed by atoms with Crippen LogP contribution >= 0.6 is 11.3 Å². The Morgan fingerprint density at radius 2 is 2.06 bits per heavy atom. The summed E-state index contributed by atoms with van der Waals surface area (Å²) in [5, 5.41) is 3.74. The van der Waals surface area contributed by atoms with Crippen LogP contribution in [0.2, 0.25) is 0 Å². The summed E-state index contributed by atoms with van der Waals surface area (Å²) >= 11 is 1.39. The van der Waals surface area contributed by atoms with E-state index in [2.05, 4.69) is 10.3 Å². The van der Waals surface area contributed by atoms with Crippen molar-refractivity contribution in [1.29, 1.82) is 0 Å². The third kappa shape index (κ3) is 2.36. The van der Waals surface area contributed by atoms with Crippen LogP contribution in [-0.4, -0.2) is 17.8 Å². The molecular weight excluding hydrogens is 246 g/mol. The number of carbonyl (C=O) groups is 1. The van der Waals surface area contributed by atoms with E-state index in [1.54, 1.807) is 31.3 Å². The minimum absolute atomic E-state index is 0.00542. The van der Waals surface area contributed by atoms with E-state index in [-0.39, 0.29) is 5.78 Å². The van der Waals surface area contributed by atoms with E-state index >= 15 is 0 Å². The normalized spacial score (nSPS) is 10.3. The molecule has 0 aliphatic carbocycles. The minimum atomic E-state index is 0.00542. The van der Waals surface area contributed by atoms with Crippen molar-refractivity contribution in [1.82, 2.24) is 4.98 Å². The first-order valence-electron chi connectivity index (χ1n) is 5.73. The lowest BCUT2D eigenvalue weighted by Crippen LogP contribution is -2.02. The Hall–Kier alpha value is -1.88. The number of nitrogens with zero attached hydrogens (tertiary/aromatic N) is 1. The van der Waals surface area contributed by atoms with Crippen molar-refractivity contribution in [2.75, 3.05) is 18.1 Å². The van der Waals surface area contributed by atoms with Gasteiger partial charge < -0.3 is 11.1 Å². The van der Waals surface area contributed by atoms with E-state index in [1.165, 1.54) is 11.3 Å². The van der Waals surface area contributed by atoms with Crippen LogP contribution in [0.1, 0.15) is 27.9 Å². The molecule has 0 saturated heterocycles. The minimum Gasteiger partial charge on any atom is -0.399 e. The first kappa shape index (κ1) is 12.6. The van der Waals surface area contributed by atoms with E-state index in [4.69, 9.17) is 5.73 Å². The second-order valence-electron chi connectivity index (χ2n) is 3.85. The number of aryl methyl sites for hydroxylation is 1. The molecule has 0 spiro atoms. The number of rotatable bonds is 4. The fourth-order valence-electron chi connectivity index (χ4n) is 1.64. The highest BCUT2D eigenvalue weighted by Gasteiger charge is 2.17. The molecular formula is C13H15N3OS. The van der Waals surface area contributed by atoms with Crippen molar-refractivity contribution < 1.29 is 4.79 Å². The van der Waals surface area contributed by atoms with Crippen LogP contribution in [0.15, 0.2) is 24.3 Å². The van der Waals surface area contributed by atoms with Crippen LogP contribution in [-0.2, 0) is 6.42 Å². The van der Waals surface area contributed by atoms with E-state index in [0.29, 0.717) is 16.1 Å². The first-order chi connectivity index (χ1) is 8.65. The lowest BCUT2D eigenvalue weighted by Gasteiger charge is -2.00. The predicted octanol–water partition coefficient (Wildman–Crippen LogP) is 2.56. The van der Waals surface area contributed by atoms with Gasteiger partial charge in [-0.25, -0.2) is 4.98 Å². The molecule has 0 amide bonds. The fourth-order valence-corrected chi connectivity index (χ4v) is 2.61. The van der Waals surface area contributed by atoms with E-state index in [9.17, 15) is 4.79 Å². The van der Waals surface area contributed by atoms with Gasteiger partial charge in [-0.3, -0.25) is 4.79 Å². The van der Waals surface area contributed by atoms with E-state index < -0.39 is 0 Å². The molecule has 5 heteroatoms. The number of ketones is 1. The lowest BCUT2D eigenvalue weighted by atomic mass is 10.1. The van der Waals surface area contributed by atoms with Crippen molar-refractivity contribution in [2.45, 2.75) is 13.3 Å². The summed E-state index contributed by atoms with van der Waals surface area (Å²) in [5.74, 6) is 0.00542. The van der Waals surface area contributed by atoms with Crippen LogP contribution in [0.25, 0.3) is 0 Å². The molecule has 1 heterocycles. The number of thiazole rings is 1. The molecule has 2 aromatic rings. The second kappa shape index (κ2) is 5.18. The molecule has 1 aromatic carbocycles. The average molecular weight is 261 g/mol. The molecule has 0 atom stereocenters. The number of nitrogen functional groups attached to an aromatic ring is 1. The van der Waals surface area contributed by atoms with Gasteiger partial charge in [0, 0.05) is 18.3 Å². The number of aromatic nitrogens is 1. The Kier molecular flexibility index (Phi) is 3.62. The maximum atomic E-state index is 12.4. The molecule has 0 saturated carbocycles. The van der Waals surface area contributed by atoms with Gasteiger partial charge >= 0.3 is 0 Å². The molecule has 0 aliphatic heterocycles. The molecule has 4 nitrogen and oxygen atoms in total. The van der Waals surface area contributed by atoms with Gasteiger partial charge in [0.2, 0.25) is 5.78 Å². The SMILES string of the molecule is CCc1nc(NC)sc1C(=O)c1ccc(N)cc1. The number of hydrogen-bond donors (Lipinski definition) is 2. The zero-order chi connectivity index (χ0) is 13.1. The molecule has 18 heavy (non-hydrogen) atoms. The maximum Gasteiger partial charge on any atom is 0.204 e. The van der Waals surface area contributed by atoms with Crippen LogP contribution in [0.3, 0.4) is 0 Å². The van der Waals surface area contributed by atoms with Crippen molar-refractivity contribution in [2.24, 2.45) is 0 Å². The number of carbonyl (C=O) groups excluding carboxylic acids is 1. The van der Waals surface area contributed by atoms with Crippen LogP contribution < -0.4 is 11.1 Å². The molecule has 0 aliphatic rings. The summed E-state index contributed by atoms with van der Waals surface area (Å²) in [6.07, 6.45) is 0.744. The van der Waals surface area contributed by atoms with Gasteiger partial charge in [0.25, 0.3) is 0 Å². The number of nitrogens with two attached hydrogens (primary N) is 1. The number of hydrogen-bond acceptors (Lipinski definition) is 5. The summed E-state index contributed by atoms with van der Waals surface area (Å²) in [7, 11) is 1.80. The van der Waals surface area contributed by atoms with Gasteiger partial charge in [-0.2, -0.15) is 0 Å². The maximum absolute atomic E-state index is 12.4. The van der Waals surface area contributed by atoms with Crippen LogP contribution in [0.5, 0.6) is 0 Å². The summed E-state index contributed by atoms with van der Waals surface area (Å²) in [6.45, 7) is 1.99. The monoisotopic (exact) mass is 261 g/mol. The van der Waals surface area contributed by atoms with E-state index in [1.807, 2.05) is 6.92 Å². The summed E-state index contributed by atoms with van der Waals surface area (Å²) < 4.78 is 0. The predicted molar refractivity (Wildman–Crippen MR) is 75.3 cm³/mol. The van der Waals surface area contributed by atoms with E-state index in [0.717, 1.165) is 17.2 Å². The quantitative estimate of drug-likeness (QED) is 0.655. The molecule has 0 unspecified atom stereocenters. The molecule has 0 fully saturated rings. The Morgan fingerprint density at radius 3 is 2.61 bits per heavy atom. The highest BCUT2D eigenvalue weighted by molar-refractivity contribution is 7.17. The van der Waals surface area contributed by atoms with Crippen LogP contribution in [0.4, 0.5) is 10.8 Å². The number of anilines is 2. The molecule has 1 aromatic heterocycles. The highest BCUT2D eigenvalue weighted by atomic mass is 32.1. The average Bonchev–Trinajstić information content (AvgIpc) is 2.82. The van der Waals surface area contributed by atoms with Crippen molar-refractivity contribution >= 4 is 27.9 Å². The Balaban J connectivity index is 2.38. The van der Waals surface area contributed by atoms with Crippen molar-refractivity contribution in [3.05, 3.63) is 40.4 Å². The topological polar surface area (TPSA) is 68.0 Å². The summed E-state index contributed by atoms with van der Waals surface area (Å²) in [4.78, 5) is 17.4. The summed E-state index contributed by atoms with van der Waals surface area (Å²) in [5.41, 5.74) is 7.75. The summed E-state index contributed by atoms with van der Waals surface area (Å²) in [6, 6.07) is 6.96. The van der Waals surface area contributed by atoms with Gasteiger partial charge in [-0.05, 0) is 30.7 Å². The molecule has 0 radical (unpaired) electrons. The molecule has 3 N–H and O–H groups in total. The van der Waals surface area contributed by atoms with Gasteiger partial charge in [-0.1, -0.05) is 18.3 Å². The fraction of sp³-hybridized carbons (Fsp3) is 0.231. The zero-order valence-corrected chi connectivity index (χ0v) is 11.2. The Morgan fingerprint density at radius 1 is 1.39 bits per heavy atom. The standard InChI is InChI=1S/C13H15N3OS/c1-3-10-12(18-13(15-2)16-10)11(17)8-4-6-9(14)7-5-8/h4-7H,3,14H2,1-2H3,(H,15,16). The smallest absolute Gasteiger partial charge is 0.204 e.